The quantitative estimate of drug-likeness (QED) is 0.613. The van der Waals surface area contributed by atoms with E-state index in [2.05, 4.69) is 5.32 Å². The van der Waals surface area contributed by atoms with Gasteiger partial charge < -0.3 is 25.2 Å². The van der Waals surface area contributed by atoms with Crippen LogP contribution in [0.25, 0.3) is 0 Å². The van der Waals surface area contributed by atoms with E-state index in [9.17, 15) is 19.5 Å². The van der Waals surface area contributed by atoms with E-state index in [1.165, 1.54) is 4.90 Å². The van der Waals surface area contributed by atoms with Crippen LogP contribution in [-0.4, -0.2) is 51.1 Å². The first-order valence-corrected chi connectivity index (χ1v) is 9.01. The Bertz CT molecular complexity index is 795. The maximum absolute atomic E-state index is 12.9. The highest BCUT2D eigenvalue weighted by molar-refractivity contribution is 6.19. The molecule has 0 aliphatic carbocycles. The molecule has 0 bridgehead atoms. The zero-order chi connectivity index (χ0) is 21.1. The lowest BCUT2D eigenvalue weighted by atomic mass is 9.88. The van der Waals surface area contributed by atoms with Crippen molar-refractivity contribution in [3.05, 3.63) is 41.2 Å². The van der Waals surface area contributed by atoms with Gasteiger partial charge in [-0.25, -0.2) is 0 Å². The lowest BCUT2D eigenvalue weighted by molar-refractivity contribution is -0.140. The van der Waals surface area contributed by atoms with Crippen LogP contribution in [0.3, 0.4) is 0 Å². The fraction of sp³-hybridized carbons (Fsp3) is 0.450. The third-order valence-corrected chi connectivity index (χ3v) is 4.34. The van der Waals surface area contributed by atoms with Gasteiger partial charge in [0.1, 0.15) is 23.6 Å². The summed E-state index contributed by atoms with van der Waals surface area (Å²) >= 11 is 0. The minimum atomic E-state index is -1.24. The Morgan fingerprint density at radius 2 is 1.86 bits per heavy atom. The summed E-state index contributed by atoms with van der Waals surface area (Å²) in [5.74, 6) is -2.40. The molecule has 2 rings (SSSR count). The Kier molecular flexibility index (Phi) is 6.33. The summed E-state index contributed by atoms with van der Waals surface area (Å²) in [6.45, 7) is 7.05. The summed E-state index contributed by atoms with van der Waals surface area (Å²) in [6.07, 6.45) is 0.136. The molecule has 8 heteroatoms. The van der Waals surface area contributed by atoms with Crippen molar-refractivity contribution in [2.75, 3.05) is 6.54 Å². The summed E-state index contributed by atoms with van der Waals surface area (Å²) in [5, 5.41) is 21.1. The number of hydrogen-bond acceptors (Lipinski definition) is 5. The molecule has 0 aromatic heterocycles. The number of hydrogen-bond donors (Lipinski definition) is 3. The number of aliphatic hydroxyl groups is 1. The van der Waals surface area contributed by atoms with E-state index in [-0.39, 0.29) is 24.8 Å². The molecule has 28 heavy (non-hydrogen) atoms. The number of nitrogens with one attached hydrogen (secondary N) is 1. The van der Waals surface area contributed by atoms with Gasteiger partial charge in [0.05, 0.1) is 6.10 Å². The summed E-state index contributed by atoms with van der Waals surface area (Å²) in [7, 11) is 0. The van der Waals surface area contributed by atoms with Crippen LogP contribution >= 0.6 is 0 Å². The Hall–Kier alpha value is -3.03. The van der Waals surface area contributed by atoms with E-state index in [0.29, 0.717) is 5.75 Å². The van der Waals surface area contributed by atoms with Crippen LogP contribution < -0.4 is 10.1 Å². The smallest absolute Gasteiger partial charge is 0.322 e. The Morgan fingerprint density at radius 3 is 2.39 bits per heavy atom. The minimum Gasteiger partial charge on any atom is -0.511 e. The maximum atomic E-state index is 12.9. The third-order valence-electron chi connectivity index (χ3n) is 4.34. The molecule has 0 spiro atoms. The van der Waals surface area contributed by atoms with E-state index in [0.717, 1.165) is 5.56 Å². The number of ether oxygens (including phenoxy) is 1. The zero-order valence-corrected chi connectivity index (χ0v) is 16.5. The van der Waals surface area contributed by atoms with Crippen molar-refractivity contribution in [2.24, 2.45) is 0 Å². The first-order valence-electron chi connectivity index (χ1n) is 9.01. The van der Waals surface area contributed by atoms with Crippen LogP contribution in [-0.2, 0) is 20.9 Å². The highest BCUT2D eigenvalue weighted by Crippen LogP contribution is 2.33. The van der Waals surface area contributed by atoms with Crippen molar-refractivity contribution in [1.82, 2.24) is 10.2 Å². The van der Waals surface area contributed by atoms with Crippen LogP contribution in [0.15, 0.2) is 35.6 Å². The van der Waals surface area contributed by atoms with Gasteiger partial charge in [0, 0.05) is 18.5 Å². The number of aliphatic carboxylic acids is 1. The predicted molar refractivity (Wildman–Crippen MR) is 102 cm³/mol. The fourth-order valence-corrected chi connectivity index (χ4v) is 3.01. The molecule has 152 valence electrons. The van der Waals surface area contributed by atoms with E-state index < -0.39 is 35.4 Å². The average Bonchev–Trinajstić information content (AvgIpc) is 2.57. The molecule has 0 saturated heterocycles. The van der Waals surface area contributed by atoms with Crippen LogP contribution in [0.4, 0.5) is 0 Å². The minimum absolute atomic E-state index is 0.0495. The van der Waals surface area contributed by atoms with Crippen molar-refractivity contribution < 1.29 is 29.3 Å². The molecule has 8 nitrogen and oxygen atoms in total. The van der Waals surface area contributed by atoms with Gasteiger partial charge in [-0.05, 0) is 45.4 Å². The number of aliphatic hydroxyl groups excluding tert-OH is 1. The molecule has 1 heterocycles. The van der Waals surface area contributed by atoms with E-state index in [1.54, 1.807) is 13.8 Å². The molecule has 1 aromatic rings. The number of carboxylic acids is 1. The maximum Gasteiger partial charge on any atom is 0.322 e. The van der Waals surface area contributed by atoms with E-state index in [4.69, 9.17) is 9.84 Å². The number of carbonyl (C=O) groups excluding carboxylic acids is 2. The Labute approximate surface area is 163 Å². The van der Waals surface area contributed by atoms with Gasteiger partial charge in [0.15, 0.2) is 0 Å². The molecular formula is C20H26N2O6. The van der Waals surface area contributed by atoms with Crippen molar-refractivity contribution in [1.29, 1.82) is 0 Å². The van der Waals surface area contributed by atoms with Crippen LogP contribution in [0.5, 0.6) is 5.75 Å². The van der Waals surface area contributed by atoms with E-state index >= 15 is 0 Å². The first kappa shape index (κ1) is 21.3. The number of benzene rings is 1. The van der Waals surface area contributed by atoms with Gasteiger partial charge in [0.25, 0.3) is 11.8 Å². The molecule has 0 saturated carbocycles. The van der Waals surface area contributed by atoms with Crippen molar-refractivity contribution in [3.63, 3.8) is 0 Å². The second-order valence-electron chi connectivity index (χ2n) is 7.59. The molecule has 2 amide bonds. The van der Waals surface area contributed by atoms with Gasteiger partial charge in [-0.3, -0.25) is 14.4 Å². The largest absolute Gasteiger partial charge is 0.511 e. The van der Waals surface area contributed by atoms with Crippen LogP contribution in [0.2, 0.25) is 0 Å². The number of amides is 2. The predicted octanol–water partition coefficient (Wildman–Crippen LogP) is 2.00. The second-order valence-corrected chi connectivity index (χ2v) is 7.59. The SMILES string of the molecule is CC(C)Oc1ccc(CN2C(=O)C(C(=O)NCC(=O)O)=C(O)CC2(C)C)cc1. The van der Waals surface area contributed by atoms with Gasteiger partial charge in [0.2, 0.25) is 0 Å². The normalized spacial score (nSPS) is 16.3. The number of nitrogens with zero attached hydrogens (tertiary/aromatic N) is 1. The number of rotatable bonds is 7. The summed E-state index contributed by atoms with van der Waals surface area (Å²) in [6, 6.07) is 7.29. The topological polar surface area (TPSA) is 116 Å². The van der Waals surface area contributed by atoms with Gasteiger partial charge in [-0.2, -0.15) is 0 Å². The first-order chi connectivity index (χ1) is 13.0. The van der Waals surface area contributed by atoms with Crippen molar-refractivity contribution in [3.8, 4) is 5.75 Å². The van der Waals surface area contributed by atoms with Crippen LogP contribution in [0, 0.1) is 0 Å². The van der Waals surface area contributed by atoms with Gasteiger partial charge in [-0.15, -0.1) is 0 Å². The summed E-state index contributed by atoms with van der Waals surface area (Å²) in [5.41, 5.74) is -0.297. The lowest BCUT2D eigenvalue weighted by Crippen LogP contribution is -2.53. The fourth-order valence-electron chi connectivity index (χ4n) is 3.01. The monoisotopic (exact) mass is 390 g/mol. The average molecular weight is 390 g/mol. The van der Waals surface area contributed by atoms with Crippen molar-refractivity contribution in [2.45, 2.75) is 52.3 Å². The lowest BCUT2D eigenvalue weighted by Gasteiger charge is -2.42. The molecule has 0 fully saturated rings. The molecule has 0 radical (unpaired) electrons. The molecule has 3 N–H and O–H groups in total. The molecule has 1 aliphatic rings. The zero-order valence-electron chi connectivity index (χ0n) is 16.5. The third kappa shape index (κ3) is 5.03. The van der Waals surface area contributed by atoms with Gasteiger partial charge in [-0.1, -0.05) is 12.1 Å². The van der Waals surface area contributed by atoms with Crippen LogP contribution in [0.1, 0.15) is 39.7 Å². The second kappa shape index (κ2) is 8.33. The molecule has 0 atom stereocenters. The number of carboxylic acid groups (broad SMARTS) is 1. The Balaban J connectivity index is 2.22. The standard InChI is InChI=1S/C20H26N2O6/c1-12(2)28-14-7-5-13(6-8-14)11-22-19(27)17(15(23)9-20(22,3)4)18(26)21-10-16(24)25/h5-8,12,23H,9-11H2,1-4H3,(H,21,26)(H,24,25). The molecular weight excluding hydrogens is 364 g/mol. The summed E-state index contributed by atoms with van der Waals surface area (Å²) in [4.78, 5) is 37.3. The number of carbonyl (C=O) groups is 3. The van der Waals surface area contributed by atoms with Gasteiger partial charge >= 0.3 is 5.97 Å². The highest BCUT2D eigenvalue weighted by Gasteiger charge is 2.42. The van der Waals surface area contributed by atoms with Crippen molar-refractivity contribution >= 4 is 17.8 Å². The summed E-state index contributed by atoms with van der Waals surface area (Å²) < 4.78 is 5.61. The molecule has 1 aliphatic heterocycles. The highest BCUT2D eigenvalue weighted by atomic mass is 16.5. The Morgan fingerprint density at radius 1 is 1.25 bits per heavy atom. The molecule has 0 unspecified atom stereocenters. The molecule has 1 aromatic carbocycles. The van der Waals surface area contributed by atoms with E-state index in [1.807, 2.05) is 38.1 Å².